The highest BCUT2D eigenvalue weighted by atomic mass is 35.5. The molecule has 1 amide bonds. The van der Waals surface area contributed by atoms with Gasteiger partial charge in [-0.2, -0.15) is 5.26 Å². The molecule has 1 N–H and O–H groups in total. The van der Waals surface area contributed by atoms with Crippen LogP contribution in [0.5, 0.6) is 11.5 Å². The van der Waals surface area contributed by atoms with Gasteiger partial charge in [0.15, 0.2) is 0 Å². The van der Waals surface area contributed by atoms with Crippen LogP contribution >= 0.6 is 11.6 Å². The Morgan fingerprint density at radius 3 is 2.12 bits per heavy atom. The monoisotopic (exact) mass is 348 g/mol. The van der Waals surface area contributed by atoms with Gasteiger partial charge >= 0.3 is 0 Å². The summed E-state index contributed by atoms with van der Waals surface area (Å²) < 4.78 is 5.70. The molecule has 3 aromatic carbocycles. The normalized spacial score (nSPS) is 9.92. The van der Waals surface area contributed by atoms with E-state index in [1.54, 1.807) is 72.8 Å². The lowest BCUT2D eigenvalue weighted by molar-refractivity contribution is 0.102. The highest BCUT2D eigenvalue weighted by Gasteiger charge is 2.09. The second kappa shape index (κ2) is 7.52. The van der Waals surface area contributed by atoms with Crippen LogP contribution in [0.4, 0.5) is 5.69 Å². The van der Waals surface area contributed by atoms with E-state index in [-0.39, 0.29) is 5.91 Å². The van der Waals surface area contributed by atoms with Gasteiger partial charge in [-0.15, -0.1) is 0 Å². The van der Waals surface area contributed by atoms with Crippen LogP contribution in [-0.2, 0) is 0 Å². The molecule has 0 aliphatic carbocycles. The zero-order valence-electron chi connectivity index (χ0n) is 13.1. The first kappa shape index (κ1) is 16.6. The Labute approximate surface area is 150 Å². The van der Waals surface area contributed by atoms with Crippen molar-refractivity contribution in [3.8, 4) is 17.6 Å². The number of nitrogens with one attached hydrogen (secondary N) is 1. The molecule has 122 valence electrons. The highest BCUT2D eigenvalue weighted by Crippen LogP contribution is 2.24. The van der Waals surface area contributed by atoms with Crippen LogP contribution in [0.2, 0.25) is 5.02 Å². The molecule has 0 aliphatic rings. The fourth-order valence-electron chi connectivity index (χ4n) is 2.18. The van der Waals surface area contributed by atoms with Gasteiger partial charge in [-0.1, -0.05) is 23.7 Å². The number of hydrogen-bond acceptors (Lipinski definition) is 3. The first-order chi connectivity index (χ1) is 12.2. The molecule has 0 fully saturated rings. The second-order valence-electron chi connectivity index (χ2n) is 5.20. The molecule has 0 heterocycles. The molecule has 0 aromatic heterocycles. The Morgan fingerprint density at radius 2 is 1.52 bits per heavy atom. The fourth-order valence-corrected chi connectivity index (χ4v) is 2.41. The molecule has 4 nitrogen and oxygen atoms in total. The Kier molecular flexibility index (Phi) is 4.98. The summed E-state index contributed by atoms with van der Waals surface area (Å²) in [6.07, 6.45) is 0. The first-order valence-corrected chi connectivity index (χ1v) is 7.87. The molecule has 3 rings (SSSR count). The van der Waals surface area contributed by atoms with Crippen molar-refractivity contribution in [1.29, 1.82) is 5.26 Å². The predicted octanol–water partition coefficient (Wildman–Crippen LogP) is 5.26. The number of anilines is 1. The van der Waals surface area contributed by atoms with Crippen molar-refractivity contribution < 1.29 is 9.53 Å². The minimum atomic E-state index is -0.272. The second-order valence-corrected chi connectivity index (χ2v) is 5.60. The van der Waals surface area contributed by atoms with Crippen molar-refractivity contribution >= 4 is 23.2 Å². The average Bonchev–Trinajstić information content (AvgIpc) is 2.64. The summed E-state index contributed by atoms with van der Waals surface area (Å²) in [6.45, 7) is 0. The number of halogens is 1. The molecule has 0 saturated heterocycles. The highest BCUT2D eigenvalue weighted by molar-refractivity contribution is 6.34. The van der Waals surface area contributed by atoms with E-state index >= 15 is 0 Å². The molecule has 0 spiro atoms. The van der Waals surface area contributed by atoms with E-state index in [9.17, 15) is 4.79 Å². The van der Waals surface area contributed by atoms with Gasteiger partial charge in [0.25, 0.3) is 5.91 Å². The number of hydrogen-bond donors (Lipinski definition) is 1. The summed E-state index contributed by atoms with van der Waals surface area (Å²) in [6, 6.07) is 22.7. The van der Waals surface area contributed by atoms with Gasteiger partial charge in [0.05, 0.1) is 22.2 Å². The van der Waals surface area contributed by atoms with Crippen molar-refractivity contribution in [1.82, 2.24) is 0 Å². The van der Waals surface area contributed by atoms with Crippen LogP contribution in [0.15, 0.2) is 72.8 Å². The smallest absolute Gasteiger partial charge is 0.257 e. The quantitative estimate of drug-likeness (QED) is 0.699. The van der Waals surface area contributed by atoms with Crippen molar-refractivity contribution in [2.24, 2.45) is 0 Å². The Hall–Kier alpha value is -3.29. The lowest BCUT2D eigenvalue weighted by atomic mass is 10.2. The lowest BCUT2D eigenvalue weighted by Crippen LogP contribution is -2.12. The molecular formula is C20H13ClN2O2. The molecule has 3 aromatic rings. The average molecular weight is 349 g/mol. The van der Waals surface area contributed by atoms with E-state index in [2.05, 4.69) is 11.4 Å². The summed E-state index contributed by atoms with van der Waals surface area (Å²) in [5.74, 6) is 0.985. The third-order valence-corrected chi connectivity index (χ3v) is 3.78. The van der Waals surface area contributed by atoms with Crippen molar-refractivity contribution in [2.75, 3.05) is 5.32 Å². The number of nitrogens with zero attached hydrogens (tertiary/aromatic N) is 1. The number of nitriles is 1. The van der Waals surface area contributed by atoms with E-state index in [0.29, 0.717) is 33.3 Å². The zero-order chi connectivity index (χ0) is 17.6. The van der Waals surface area contributed by atoms with Crippen molar-refractivity contribution in [3.63, 3.8) is 0 Å². The summed E-state index contributed by atoms with van der Waals surface area (Å²) in [5, 5.41) is 12.0. The van der Waals surface area contributed by atoms with Gasteiger partial charge in [0.2, 0.25) is 0 Å². The fraction of sp³-hybridized carbons (Fsp3) is 0. The topological polar surface area (TPSA) is 62.1 Å². The van der Waals surface area contributed by atoms with E-state index in [1.807, 2.05) is 0 Å². The van der Waals surface area contributed by atoms with E-state index in [4.69, 9.17) is 21.6 Å². The Bertz CT molecular complexity index is 929. The minimum Gasteiger partial charge on any atom is -0.457 e. The molecule has 25 heavy (non-hydrogen) atoms. The molecule has 0 atom stereocenters. The Morgan fingerprint density at radius 1 is 0.920 bits per heavy atom. The molecule has 0 bridgehead atoms. The standard InChI is InChI=1S/C20H13ClN2O2/c21-19-4-2-1-3-18(19)20(24)23-15-7-11-17(12-8-15)25-16-9-5-14(13-22)6-10-16/h1-12H,(H,23,24). The number of amides is 1. The summed E-state index contributed by atoms with van der Waals surface area (Å²) >= 11 is 6.02. The predicted molar refractivity (Wildman–Crippen MR) is 97.1 cm³/mol. The largest absolute Gasteiger partial charge is 0.457 e. The summed E-state index contributed by atoms with van der Waals surface area (Å²) in [4.78, 5) is 12.2. The maximum Gasteiger partial charge on any atom is 0.257 e. The lowest BCUT2D eigenvalue weighted by Gasteiger charge is -2.09. The van der Waals surface area contributed by atoms with Crippen LogP contribution in [0, 0.1) is 11.3 Å². The van der Waals surface area contributed by atoms with Gasteiger partial charge < -0.3 is 10.1 Å². The molecule has 0 aliphatic heterocycles. The van der Waals surface area contributed by atoms with Crippen molar-refractivity contribution in [2.45, 2.75) is 0 Å². The third kappa shape index (κ3) is 4.17. The maximum absolute atomic E-state index is 12.2. The van der Waals surface area contributed by atoms with Crippen LogP contribution in [-0.4, -0.2) is 5.91 Å². The van der Waals surface area contributed by atoms with Gasteiger partial charge in [-0.3, -0.25) is 4.79 Å². The summed E-state index contributed by atoms with van der Waals surface area (Å²) in [5.41, 5.74) is 1.63. The number of carbonyl (C=O) groups excluding carboxylic acids is 1. The van der Waals surface area contributed by atoms with Gasteiger partial charge in [0, 0.05) is 5.69 Å². The van der Waals surface area contributed by atoms with Gasteiger partial charge in [0.1, 0.15) is 11.5 Å². The molecule has 0 saturated carbocycles. The van der Waals surface area contributed by atoms with Gasteiger partial charge in [-0.05, 0) is 60.7 Å². The number of benzene rings is 3. The molecule has 0 radical (unpaired) electrons. The van der Waals surface area contributed by atoms with Crippen LogP contribution in [0.1, 0.15) is 15.9 Å². The van der Waals surface area contributed by atoms with E-state index in [0.717, 1.165) is 0 Å². The van der Waals surface area contributed by atoms with Crippen LogP contribution in [0.25, 0.3) is 0 Å². The Balaban J connectivity index is 1.67. The zero-order valence-corrected chi connectivity index (χ0v) is 13.8. The van der Waals surface area contributed by atoms with E-state index in [1.165, 1.54) is 0 Å². The molecular weight excluding hydrogens is 336 g/mol. The number of carbonyl (C=O) groups is 1. The molecule has 5 heteroatoms. The van der Waals surface area contributed by atoms with Gasteiger partial charge in [-0.25, -0.2) is 0 Å². The van der Waals surface area contributed by atoms with Crippen LogP contribution in [0.3, 0.4) is 0 Å². The van der Waals surface area contributed by atoms with Crippen LogP contribution < -0.4 is 10.1 Å². The van der Waals surface area contributed by atoms with E-state index < -0.39 is 0 Å². The third-order valence-electron chi connectivity index (χ3n) is 3.45. The maximum atomic E-state index is 12.2. The number of ether oxygens (including phenoxy) is 1. The first-order valence-electron chi connectivity index (χ1n) is 7.50. The SMILES string of the molecule is N#Cc1ccc(Oc2ccc(NC(=O)c3ccccc3Cl)cc2)cc1. The summed E-state index contributed by atoms with van der Waals surface area (Å²) in [7, 11) is 0. The number of rotatable bonds is 4. The minimum absolute atomic E-state index is 0.272. The molecule has 0 unspecified atom stereocenters. The van der Waals surface area contributed by atoms with Crippen molar-refractivity contribution in [3.05, 3.63) is 88.9 Å².